The predicted molar refractivity (Wildman–Crippen MR) is 87.8 cm³/mol. The van der Waals surface area contributed by atoms with Crippen LogP contribution in [0.1, 0.15) is 28.4 Å². The van der Waals surface area contributed by atoms with Crippen LogP contribution in [0.5, 0.6) is 0 Å². The number of hydrogen-bond acceptors (Lipinski definition) is 4. The SMILES string of the molecule is CC(c1nc2c(s1)CCc1ccccc1-2)N1CCNCC1. The van der Waals surface area contributed by atoms with Crippen molar-refractivity contribution in [2.45, 2.75) is 25.8 Å². The van der Waals surface area contributed by atoms with Gasteiger partial charge in [0, 0.05) is 36.6 Å². The van der Waals surface area contributed by atoms with Crippen LogP contribution in [0.15, 0.2) is 24.3 Å². The Kier molecular flexibility index (Phi) is 3.53. The second-order valence-electron chi connectivity index (χ2n) is 5.94. The molecule has 1 aromatic heterocycles. The topological polar surface area (TPSA) is 28.2 Å². The molecule has 4 heteroatoms. The summed E-state index contributed by atoms with van der Waals surface area (Å²) in [6.07, 6.45) is 2.31. The Balaban J connectivity index is 1.66. The van der Waals surface area contributed by atoms with Gasteiger partial charge in [-0.15, -0.1) is 11.3 Å². The van der Waals surface area contributed by atoms with Crippen LogP contribution in [0.2, 0.25) is 0 Å². The molecule has 1 aliphatic heterocycles. The van der Waals surface area contributed by atoms with Crippen LogP contribution >= 0.6 is 11.3 Å². The molecule has 1 aromatic carbocycles. The second-order valence-corrected chi connectivity index (χ2v) is 7.06. The lowest BCUT2D eigenvalue weighted by Crippen LogP contribution is -2.44. The first-order valence-electron chi connectivity index (χ1n) is 7.85. The standard InChI is InChI=1S/C17H21N3S/c1-12(20-10-8-18-9-11-20)17-19-16-14-5-3-2-4-13(14)6-7-15(16)21-17/h2-5,12,18H,6-11H2,1H3. The van der Waals surface area contributed by atoms with Crippen LogP contribution in [0, 0.1) is 0 Å². The molecule has 2 aliphatic rings. The number of thiazole rings is 1. The summed E-state index contributed by atoms with van der Waals surface area (Å²) in [7, 11) is 0. The predicted octanol–water partition coefficient (Wildman–Crippen LogP) is 2.87. The third-order valence-electron chi connectivity index (χ3n) is 4.66. The minimum Gasteiger partial charge on any atom is -0.314 e. The molecule has 21 heavy (non-hydrogen) atoms. The molecule has 1 atom stereocenters. The number of piperazine rings is 1. The van der Waals surface area contributed by atoms with Gasteiger partial charge < -0.3 is 5.32 Å². The molecule has 0 spiro atoms. The van der Waals surface area contributed by atoms with Crippen molar-refractivity contribution in [1.29, 1.82) is 0 Å². The number of hydrogen-bond donors (Lipinski definition) is 1. The van der Waals surface area contributed by atoms with E-state index in [1.165, 1.54) is 26.7 Å². The van der Waals surface area contributed by atoms with Gasteiger partial charge in [0.05, 0.1) is 11.7 Å². The third kappa shape index (κ3) is 2.41. The third-order valence-corrected chi connectivity index (χ3v) is 5.95. The molecular weight excluding hydrogens is 278 g/mol. The minimum absolute atomic E-state index is 0.440. The van der Waals surface area contributed by atoms with E-state index in [1.54, 1.807) is 0 Å². The Morgan fingerprint density at radius 2 is 2.00 bits per heavy atom. The van der Waals surface area contributed by atoms with E-state index >= 15 is 0 Å². The summed E-state index contributed by atoms with van der Waals surface area (Å²) in [5.74, 6) is 0. The van der Waals surface area contributed by atoms with E-state index in [0.29, 0.717) is 6.04 Å². The Bertz CT molecular complexity index is 643. The summed E-state index contributed by atoms with van der Waals surface area (Å²) >= 11 is 1.93. The van der Waals surface area contributed by atoms with Gasteiger partial charge in [-0.3, -0.25) is 4.90 Å². The number of aromatic nitrogens is 1. The number of rotatable bonds is 2. The van der Waals surface area contributed by atoms with Gasteiger partial charge in [0.25, 0.3) is 0 Å². The first-order chi connectivity index (χ1) is 10.3. The van der Waals surface area contributed by atoms with E-state index in [4.69, 9.17) is 4.98 Å². The number of nitrogens with one attached hydrogen (secondary N) is 1. The van der Waals surface area contributed by atoms with Crippen molar-refractivity contribution in [3.63, 3.8) is 0 Å². The minimum atomic E-state index is 0.440. The van der Waals surface area contributed by atoms with E-state index in [2.05, 4.69) is 41.4 Å². The molecule has 0 amide bonds. The van der Waals surface area contributed by atoms with E-state index in [0.717, 1.165) is 39.0 Å². The molecule has 1 aliphatic carbocycles. The van der Waals surface area contributed by atoms with E-state index in [-0.39, 0.29) is 0 Å². The molecule has 1 fully saturated rings. The van der Waals surface area contributed by atoms with E-state index in [9.17, 15) is 0 Å². The first kappa shape index (κ1) is 13.4. The lowest BCUT2D eigenvalue weighted by atomic mass is 9.94. The Hall–Kier alpha value is -1.23. The fourth-order valence-corrected chi connectivity index (χ4v) is 4.54. The van der Waals surface area contributed by atoms with Crippen molar-refractivity contribution >= 4 is 11.3 Å². The maximum Gasteiger partial charge on any atom is 0.110 e. The highest BCUT2D eigenvalue weighted by Crippen LogP contribution is 2.38. The Morgan fingerprint density at radius 1 is 1.19 bits per heavy atom. The molecule has 1 unspecified atom stereocenters. The van der Waals surface area contributed by atoms with Crippen molar-refractivity contribution in [3.8, 4) is 11.3 Å². The van der Waals surface area contributed by atoms with Crippen molar-refractivity contribution in [2.24, 2.45) is 0 Å². The van der Waals surface area contributed by atoms with Crippen molar-refractivity contribution in [3.05, 3.63) is 39.7 Å². The largest absolute Gasteiger partial charge is 0.314 e. The summed E-state index contributed by atoms with van der Waals surface area (Å²) in [6, 6.07) is 9.19. The lowest BCUT2D eigenvalue weighted by Gasteiger charge is -2.31. The van der Waals surface area contributed by atoms with Gasteiger partial charge in [0.2, 0.25) is 0 Å². The average Bonchev–Trinajstić information content (AvgIpc) is 2.99. The Morgan fingerprint density at radius 3 is 2.86 bits per heavy atom. The number of aryl methyl sites for hydroxylation is 2. The van der Waals surface area contributed by atoms with Crippen LogP contribution in [0.25, 0.3) is 11.3 Å². The summed E-state index contributed by atoms with van der Waals surface area (Å²) in [6.45, 7) is 6.75. The highest BCUT2D eigenvalue weighted by Gasteiger charge is 2.25. The molecule has 1 N–H and O–H groups in total. The van der Waals surface area contributed by atoms with Crippen LogP contribution in [-0.4, -0.2) is 36.1 Å². The lowest BCUT2D eigenvalue weighted by molar-refractivity contribution is 0.185. The molecule has 1 saturated heterocycles. The van der Waals surface area contributed by atoms with Crippen molar-refractivity contribution in [2.75, 3.05) is 26.2 Å². The monoisotopic (exact) mass is 299 g/mol. The van der Waals surface area contributed by atoms with Crippen LogP contribution in [-0.2, 0) is 12.8 Å². The maximum atomic E-state index is 5.02. The number of fused-ring (bicyclic) bond motifs is 3. The maximum absolute atomic E-state index is 5.02. The molecule has 0 radical (unpaired) electrons. The highest BCUT2D eigenvalue weighted by molar-refractivity contribution is 7.12. The summed E-state index contributed by atoms with van der Waals surface area (Å²) in [5, 5.41) is 4.71. The molecule has 0 bridgehead atoms. The van der Waals surface area contributed by atoms with Gasteiger partial charge >= 0.3 is 0 Å². The molecule has 4 rings (SSSR count). The fourth-order valence-electron chi connectivity index (χ4n) is 3.37. The zero-order valence-electron chi connectivity index (χ0n) is 12.4. The molecule has 2 heterocycles. The van der Waals surface area contributed by atoms with Crippen molar-refractivity contribution < 1.29 is 0 Å². The summed E-state index contributed by atoms with van der Waals surface area (Å²) in [4.78, 5) is 9.05. The van der Waals surface area contributed by atoms with Crippen LogP contribution in [0.4, 0.5) is 0 Å². The van der Waals surface area contributed by atoms with Crippen LogP contribution in [0.3, 0.4) is 0 Å². The number of nitrogens with zero attached hydrogens (tertiary/aromatic N) is 2. The summed E-state index contributed by atoms with van der Waals surface area (Å²) in [5.41, 5.74) is 4.06. The van der Waals surface area contributed by atoms with Gasteiger partial charge in [-0.05, 0) is 25.3 Å². The smallest absolute Gasteiger partial charge is 0.110 e. The quantitative estimate of drug-likeness (QED) is 0.924. The average molecular weight is 299 g/mol. The molecule has 110 valence electrons. The van der Waals surface area contributed by atoms with E-state index in [1.807, 2.05) is 11.3 Å². The van der Waals surface area contributed by atoms with E-state index < -0.39 is 0 Å². The molecular formula is C17H21N3S. The zero-order chi connectivity index (χ0) is 14.2. The normalized spacial score (nSPS) is 19.9. The van der Waals surface area contributed by atoms with Gasteiger partial charge in [0.15, 0.2) is 0 Å². The zero-order valence-corrected chi connectivity index (χ0v) is 13.2. The van der Waals surface area contributed by atoms with Gasteiger partial charge in [-0.2, -0.15) is 0 Å². The molecule has 3 nitrogen and oxygen atoms in total. The van der Waals surface area contributed by atoms with Crippen LogP contribution < -0.4 is 5.32 Å². The van der Waals surface area contributed by atoms with Gasteiger partial charge in [-0.25, -0.2) is 4.98 Å². The number of benzene rings is 1. The van der Waals surface area contributed by atoms with Gasteiger partial charge in [0.1, 0.15) is 5.01 Å². The van der Waals surface area contributed by atoms with Crippen molar-refractivity contribution in [1.82, 2.24) is 15.2 Å². The first-order valence-corrected chi connectivity index (χ1v) is 8.67. The van der Waals surface area contributed by atoms with Gasteiger partial charge in [-0.1, -0.05) is 24.3 Å². The second kappa shape index (κ2) is 5.52. The molecule has 0 saturated carbocycles. The fraction of sp³-hybridized carbons (Fsp3) is 0.471. The summed E-state index contributed by atoms with van der Waals surface area (Å²) < 4.78 is 0. The Labute approximate surface area is 130 Å². The molecule has 2 aromatic rings. The highest BCUT2D eigenvalue weighted by atomic mass is 32.1.